The molecular formula is C23H29BrN4O. The van der Waals surface area contributed by atoms with Crippen molar-refractivity contribution in [2.45, 2.75) is 55.7 Å². The minimum absolute atomic E-state index is 0.228. The van der Waals surface area contributed by atoms with Crippen molar-refractivity contribution in [1.82, 2.24) is 9.88 Å². The maximum atomic E-state index is 13.3. The van der Waals surface area contributed by atoms with E-state index < -0.39 is 0 Å². The van der Waals surface area contributed by atoms with Crippen LogP contribution in [0.5, 0.6) is 0 Å². The Morgan fingerprint density at radius 3 is 2.72 bits per heavy atom. The van der Waals surface area contributed by atoms with Gasteiger partial charge in [0.15, 0.2) is 0 Å². The third-order valence-electron chi connectivity index (χ3n) is 7.69. The van der Waals surface area contributed by atoms with Crippen LogP contribution >= 0.6 is 15.9 Å². The molecule has 2 atom stereocenters. The molecule has 4 saturated carbocycles. The second-order valence-electron chi connectivity index (χ2n) is 10.00. The van der Waals surface area contributed by atoms with Crippen LogP contribution in [0.4, 0.5) is 5.82 Å². The van der Waals surface area contributed by atoms with Crippen LogP contribution in [-0.2, 0) is 4.79 Å². The molecule has 2 heterocycles. The number of aromatic nitrogens is 1. The second-order valence-corrected chi connectivity index (χ2v) is 11.7. The van der Waals surface area contributed by atoms with E-state index in [-0.39, 0.29) is 5.41 Å². The van der Waals surface area contributed by atoms with Crippen LogP contribution in [-0.4, -0.2) is 46.3 Å². The number of nitrogens with zero attached hydrogens (tertiary/aromatic N) is 4. The van der Waals surface area contributed by atoms with Gasteiger partial charge < -0.3 is 9.80 Å². The third-order valence-corrected chi connectivity index (χ3v) is 8.62. The molecule has 154 valence electrons. The lowest BCUT2D eigenvalue weighted by Gasteiger charge is -2.60. The molecule has 4 bridgehead atoms. The van der Waals surface area contributed by atoms with Crippen LogP contribution in [0.15, 0.2) is 18.3 Å². The maximum absolute atomic E-state index is 13.3. The zero-order valence-electron chi connectivity index (χ0n) is 16.9. The van der Waals surface area contributed by atoms with Crippen LogP contribution in [0.1, 0.15) is 56.9 Å². The molecular weight excluding hydrogens is 428 g/mol. The number of nitriles is 1. The van der Waals surface area contributed by atoms with Crippen molar-refractivity contribution in [3.05, 3.63) is 23.9 Å². The third kappa shape index (κ3) is 3.67. The number of hydrogen-bond donors (Lipinski definition) is 0. The summed E-state index contributed by atoms with van der Waals surface area (Å²) in [6, 6.07) is 5.87. The minimum Gasteiger partial charge on any atom is -0.354 e. The summed E-state index contributed by atoms with van der Waals surface area (Å²) < 4.78 is 0.305. The molecule has 1 aromatic rings. The van der Waals surface area contributed by atoms with Crippen molar-refractivity contribution in [2.75, 3.05) is 31.1 Å². The van der Waals surface area contributed by atoms with Gasteiger partial charge in [-0.3, -0.25) is 4.79 Å². The fourth-order valence-electron chi connectivity index (χ4n) is 7.09. The molecule has 4 aliphatic carbocycles. The van der Waals surface area contributed by atoms with E-state index >= 15 is 0 Å². The van der Waals surface area contributed by atoms with Crippen LogP contribution in [0.2, 0.25) is 0 Å². The number of carbonyl (C=O) groups excluding carboxylic acids is 1. The minimum atomic E-state index is 0.228. The fraction of sp³-hybridized carbons (Fsp3) is 0.696. The van der Waals surface area contributed by atoms with Gasteiger partial charge in [0.2, 0.25) is 5.91 Å². The standard InChI is InChI=1S/C23H29BrN4O/c24-23-12-17-9-18(13-23)11-22(10-17,16-23)14-20(29)27-5-2-6-28(8-7-27)21-19(15-25)3-1-4-26-21/h1,3-4,17-18H,2,5-14,16H2. The smallest absolute Gasteiger partial charge is 0.223 e. The van der Waals surface area contributed by atoms with Crippen molar-refractivity contribution < 1.29 is 4.79 Å². The summed E-state index contributed by atoms with van der Waals surface area (Å²) >= 11 is 4.07. The van der Waals surface area contributed by atoms with Gasteiger partial charge in [0.05, 0.1) is 5.56 Å². The molecule has 1 amide bonds. The lowest BCUT2D eigenvalue weighted by molar-refractivity contribution is -0.138. The van der Waals surface area contributed by atoms with Gasteiger partial charge in [-0.15, -0.1) is 0 Å². The lowest BCUT2D eigenvalue weighted by Crippen LogP contribution is -2.54. The predicted molar refractivity (Wildman–Crippen MR) is 116 cm³/mol. The van der Waals surface area contributed by atoms with Gasteiger partial charge in [0.1, 0.15) is 11.9 Å². The van der Waals surface area contributed by atoms with E-state index in [1.807, 2.05) is 6.07 Å². The Bertz CT molecular complexity index is 836. The topological polar surface area (TPSA) is 60.2 Å². The first kappa shape index (κ1) is 19.4. The average molecular weight is 457 g/mol. The molecule has 6 rings (SSSR count). The summed E-state index contributed by atoms with van der Waals surface area (Å²) in [4.78, 5) is 22.0. The van der Waals surface area contributed by atoms with E-state index in [0.29, 0.717) is 15.8 Å². The fourth-order valence-corrected chi connectivity index (χ4v) is 8.60. The molecule has 5 aliphatic rings. The van der Waals surface area contributed by atoms with Gasteiger partial charge in [0.25, 0.3) is 0 Å². The van der Waals surface area contributed by atoms with Crippen LogP contribution < -0.4 is 4.90 Å². The van der Waals surface area contributed by atoms with Gasteiger partial charge in [-0.2, -0.15) is 5.26 Å². The summed E-state index contributed by atoms with van der Waals surface area (Å²) in [5, 5.41) is 9.39. The Labute approximate surface area is 181 Å². The lowest BCUT2D eigenvalue weighted by atomic mass is 9.48. The number of carbonyl (C=O) groups is 1. The monoisotopic (exact) mass is 456 g/mol. The molecule has 2 unspecified atom stereocenters. The molecule has 0 spiro atoms. The highest BCUT2D eigenvalue weighted by atomic mass is 79.9. The van der Waals surface area contributed by atoms with Crippen LogP contribution in [0.3, 0.4) is 0 Å². The average Bonchev–Trinajstić information content (AvgIpc) is 2.92. The molecule has 1 aromatic heterocycles. The van der Waals surface area contributed by atoms with Gasteiger partial charge in [-0.05, 0) is 74.3 Å². The molecule has 5 fully saturated rings. The number of anilines is 1. The van der Waals surface area contributed by atoms with Crippen LogP contribution in [0, 0.1) is 28.6 Å². The quantitative estimate of drug-likeness (QED) is 0.641. The number of halogens is 1. The van der Waals surface area contributed by atoms with Crippen LogP contribution in [0.25, 0.3) is 0 Å². The number of alkyl halides is 1. The van der Waals surface area contributed by atoms with Crippen molar-refractivity contribution in [2.24, 2.45) is 17.3 Å². The van der Waals surface area contributed by atoms with E-state index in [1.54, 1.807) is 12.3 Å². The Hall–Kier alpha value is -1.61. The van der Waals surface area contributed by atoms with E-state index in [9.17, 15) is 10.1 Å². The summed E-state index contributed by atoms with van der Waals surface area (Å²) in [7, 11) is 0. The zero-order valence-corrected chi connectivity index (χ0v) is 18.5. The van der Waals surface area contributed by atoms with Crippen molar-refractivity contribution in [3.8, 4) is 6.07 Å². The normalized spacial score (nSPS) is 36.0. The number of hydrogen-bond acceptors (Lipinski definition) is 4. The number of pyridine rings is 1. The molecule has 29 heavy (non-hydrogen) atoms. The largest absolute Gasteiger partial charge is 0.354 e. The number of amides is 1. The van der Waals surface area contributed by atoms with Crippen molar-refractivity contribution in [3.63, 3.8) is 0 Å². The SMILES string of the molecule is N#Cc1cccnc1N1CCCN(C(=O)CC23CC4CC(CC(Br)(C4)C2)C3)CC1. The van der Waals surface area contributed by atoms with E-state index in [0.717, 1.165) is 56.7 Å². The Kier molecular flexibility index (Phi) is 4.85. The first-order valence-corrected chi connectivity index (χ1v) is 11.8. The Morgan fingerprint density at radius 1 is 1.21 bits per heavy atom. The van der Waals surface area contributed by atoms with E-state index in [2.05, 4.69) is 36.8 Å². The molecule has 5 nitrogen and oxygen atoms in total. The molecule has 0 N–H and O–H groups in total. The van der Waals surface area contributed by atoms with Gasteiger partial charge in [0, 0.05) is 43.1 Å². The highest BCUT2D eigenvalue weighted by Crippen LogP contribution is 2.65. The second kappa shape index (κ2) is 7.27. The highest BCUT2D eigenvalue weighted by Gasteiger charge is 2.57. The van der Waals surface area contributed by atoms with Gasteiger partial charge >= 0.3 is 0 Å². The number of rotatable bonds is 3. The molecule has 1 aliphatic heterocycles. The Balaban J connectivity index is 1.25. The van der Waals surface area contributed by atoms with Crippen molar-refractivity contribution >= 4 is 27.7 Å². The zero-order chi connectivity index (χ0) is 20.1. The van der Waals surface area contributed by atoms with E-state index in [1.165, 1.54) is 38.5 Å². The summed E-state index contributed by atoms with van der Waals surface area (Å²) in [6.07, 6.45) is 11.1. The molecule has 1 saturated heterocycles. The molecule has 6 heteroatoms. The summed E-state index contributed by atoms with van der Waals surface area (Å²) in [5.74, 6) is 2.73. The first-order valence-electron chi connectivity index (χ1n) is 11.0. The summed E-state index contributed by atoms with van der Waals surface area (Å²) in [5.41, 5.74) is 0.842. The van der Waals surface area contributed by atoms with Gasteiger partial charge in [-0.25, -0.2) is 4.98 Å². The van der Waals surface area contributed by atoms with Crippen molar-refractivity contribution in [1.29, 1.82) is 5.26 Å². The first-order chi connectivity index (χ1) is 14.0. The van der Waals surface area contributed by atoms with E-state index in [4.69, 9.17) is 0 Å². The van der Waals surface area contributed by atoms with Gasteiger partial charge in [-0.1, -0.05) is 15.9 Å². The summed E-state index contributed by atoms with van der Waals surface area (Å²) in [6.45, 7) is 3.13. The maximum Gasteiger partial charge on any atom is 0.223 e. The molecule has 0 aromatic carbocycles. The Morgan fingerprint density at radius 2 is 2.00 bits per heavy atom. The molecule has 0 radical (unpaired) electrons. The predicted octanol–water partition coefficient (Wildman–Crippen LogP) is 4.12. The highest BCUT2D eigenvalue weighted by molar-refractivity contribution is 9.10.